The van der Waals surface area contributed by atoms with Gasteiger partial charge in [0.1, 0.15) is 18.1 Å². The van der Waals surface area contributed by atoms with Gasteiger partial charge in [0, 0.05) is 0 Å². The molecule has 4 heteroatoms. The number of aliphatic carboxylic acids is 1. The third-order valence-corrected chi connectivity index (χ3v) is 4.16. The fraction of sp³-hybridized carbons (Fsp3) is 0.174. The predicted molar refractivity (Wildman–Crippen MR) is 104 cm³/mol. The third-order valence-electron chi connectivity index (χ3n) is 4.16. The SMILES string of the molecule is O=C(O)COc1ccc(OCc2ccccc2)cc1CCc1ccccc1. The van der Waals surface area contributed by atoms with Crippen molar-refractivity contribution >= 4 is 5.97 Å². The zero-order valence-corrected chi connectivity index (χ0v) is 15.0. The molecule has 0 aromatic heterocycles. The number of hydrogen-bond acceptors (Lipinski definition) is 3. The first kappa shape index (κ1) is 18.5. The van der Waals surface area contributed by atoms with Crippen molar-refractivity contribution < 1.29 is 19.4 Å². The lowest BCUT2D eigenvalue weighted by molar-refractivity contribution is -0.139. The highest BCUT2D eigenvalue weighted by Gasteiger charge is 2.09. The second kappa shape index (κ2) is 9.43. The van der Waals surface area contributed by atoms with E-state index in [1.54, 1.807) is 6.07 Å². The minimum absolute atomic E-state index is 0.359. The molecule has 0 radical (unpaired) electrons. The molecule has 27 heavy (non-hydrogen) atoms. The van der Waals surface area contributed by atoms with Crippen LogP contribution in [0.25, 0.3) is 0 Å². The van der Waals surface area contributed by atoms with Crippen LogP contribution in [0.5, 0.6) is 11.5 Å². The van der Waals surface area contributed by atoms with Gasteiger partial charge >= 0.3 is 5.97 Å². The van der Waals surface area contributed by atoms with Crippen molar-refractivity contribution in [1.29, 1.82) is 0 Å². The van der Waals surface area contributed by atoms with Gasteiger partial charge in [-0.25, -0.2) is 4.79 Å². The van der Waals surface area contributed by atoms with E-state index in [9.17, 15) is 4.79 Å². The largest absolute Gasteiger partial charge is 0.489 e. The van der Waals surface area contributed by atoms with Crippen molar-refractivity contribution in [1.82, 2.24) is 0 Å². The number of rotatable bonds is 9. The lowest BCUT2D eigenvalue weighted by atomic mass is 10.0. The fourth-order valence-electron chi connectivity index (χ4n) is 2.79. The molecule has 0 fully saturated rings. The van der Waals surface area contributed by atoms with Crippen molar-refractivity contribution in [3.63, 3.8) is 0 Å². The van der Waals surface area contributed by atoms with Crippen LogP contribution in [0.15, 0.2) is 78.9 Å². The quantitative estimate of drug-likeness (QED) is 0.608. The van der Waals surface area contributed by atoms with Crippen LogP contribution in [-0.2, 0) is 24.2 Å². The maximum atomic E-state index is 10.8. The maximum absolute atomic E-state index is 10.8. The molecule has 0 saturated heterocycles. The molecule has 0 spiro atoms. The summed E-state index contributed by atoms with van der Waals surface area (Å²) in [7, 11) is 0. The zero-order valence-electron chi connectivity index (χ0n) is 15.0. The first-order valence-electron chi connectivity index (χ1n) is 8.89. The number of benzene rings is 3. The number of carbonyl (C=O) groups is 1. The minimum atomic E-state index is -0.992. The average Bonchev–Trinajstić information content (AvgIpc) is 2.71. The van der Waals surface area contributed by atoms with E-state index < -0.39 is 5.97 Å². The Labute approximate surface area is 159 Å². The lowest BCUT2D eigenvalue weighted by Gasteiger charge is -2.13. The van der Waals surface area contributed by atoms with Crippen LogP contribution in [-0.4, -0.2) is 17.7 Å². The van der Waals surface area contributed by atoms with Gasteiger partial charge in [-0.1, -0.05) is 60.7 Å². The van der Waals surface area contributed by atoms with Crippen LogP contribution in [0.2, 0.25) is 0 Å². The molecule has 0 aliphatic heterocycles. The van der Waals surface area contributed by atoms with E-state index in [1.165, 1.54) is 5.56 Å². The maximum Gasteiger partial charge on any atom is 0.341 e. The van der Waals surface area contributed by atoms with Gasteiger partial charge < -0.3 is 14.6 Å². The topological polar surface area (TPSA) is 55.8 Å². The van der Waals surface area contributed by atoms with Gasteiger partial charge in [0.25, 0.3) is 0 Å². The van der Waals surface area contributed by atoms with Crippen molar-refractivity contribution in [2.24, 2.45) is 0 Å². The summed E-state index contributed by atoms with van der Waals surface area (Å²) in [6.45, 7) is 0.122. The van der Waals surface area contributed by atoms with Gasteiger partial charge in [0.05, 0.1) is 0 Å². The van der Waals surface area contributed by atoms with E-state index in [0.717, 1.165) is 29.7 Å². The van der Waals surface area contributed by atoms with E-state index in [0.29, 0.717) is 12.4 Å². The summed E-state index contributed by atoms with van der Waals surface area (Å²) in [5.74, 6) is 0.332. The Balaban J connectivity index is 1.72. The average molecular weight is 362 g/mol. The van der Waals surface area contributed by atoms with Crippen LogP contribution in [0.4, 0.5) is 0 Å². The summed E-state index contributed by atoms with van der Waals surface area (Å²) in [6, 6.07) is 25.6. The lowest BCUT2D eigenvalue weighted by Crippen LogP contribution is -2.11. The predicted octanol–water partition coefficient (Wildman–Crippen LogP) is 4.51. The molecule has 4 nitrogen and oxygen atoms in total. The van der Waals surface area contributed by atoms with E-state index in [2.05, 4.69) is 12.1 Å². The monoisotopic (exact) mass is 362 g/mol. The Kier molecular flexibility index (Phi) is 6.47. The number of ether oxygens (including phenoxy) is 2. The van der Waals surface area contributed by atoms with Crippen LogP contribution < -0.4 is 9.47 Å². The Morgan fingerprint density at radius 1 is 0.778 bits per heavy atom. The van der Waals surface area contributed by atoms with Gasteiger partial charge in [-0.2, -0.15) is 0 Å². The van der Waals surface area contributed by atoms with Crippen molar-refractivity contribution in [3.8, 4) is 11.5 Å². The molecular formula is C23H22O4. The molecular weight excluding hydrogens is 340 g/mol. The molecule has 3 aromatic rings. The summed E-state index contributed by atoms with van der Waals surface area (Å²) in [5, 5.41) is 8.89. The smallest absolute Gasteiger partial charge is 0.341 e. The molecule has 0 amide bonds. The molecule has 1 N–H and O–H groups in total. The molecule has 0 aliphatic carbocycles. The van der Waals surface area contributed by atoms with Gasteiger partial charge in [0.15, 0.2) is 6.61 Å². The molecule has 0 saturated carbocycles. The molecule has 138 valence electrons. The molecule has 3 rings (SSSR count). The van der Waals surface area contributed by atoms with Gasteiger partial charge in [-0.15, -0.1) is 0 Å². The standard InChI is InChI=1S/C23H22O4/c24-23(25)17-27-22-14-13-21(26-16-19-9-5-2-6-10-19)15-20(22)12-11-18-7-3-1-4-8-18/h1-10,13-15H,11-12,16-17H2,(H,24,25). The number of aryl methyl sites for hydroxylation is 2. The van der Waals surface area contributed by atoms with Gasteiger partial charge in [0.2, 0.25) is 0 Å². The highest BCUT2D eigenvalue weighted by Crippen LogP contribution is 2.26. The van der Waals surface area contributed by atoms with E-state index >= 15 is 0 Å². The van der Waals surface area contributed by atoms with Crippen LogP contribution in [0.1, 0.15) is 16.7 Å². The Hall–Kier alpha value is -3.27. The second-order valence-corrected chi connectivity index (χ2v) is 6.21. The number of hydrogen-bond donors (Lipinski definition) is 1. The van der Waals surface area contributed by atoms with Gasteiger partial charge in [-0.3, -0.25) is 0 Å². The summed E-state index contributed by atoms with van der Waals surface area (Å²) in [5.41, 5.74) is 3.25. The summed E-state index contributed by atoms with van der Waals surface area (Å²) in [6.07, 6.45) is 1.58. The number of carboxylic acid groups (broad SMARTS) is 1. The molecule has 0 bridgehead atoms. The zero-order chi connectivity index (χ0) is 18.9. The van der Waals surface area contributed by atoms with Crippen LogP contribution >= 0.6 is 0 Å². The summed E-state index contributed by atoms with van der Waals surface area (Å²) >= 11 is 0. The molecule has 0 heterocycles. The molecule has 0 unspecified atom stereocenters. The van der Waals surface area contributed by atoms with E-state index in [-0.39, 0.29) is 6.61 Å². The molecule has 3 aromatic carbocycles. The van der Waals surface area contributed by atoms with Crippen molar-refractivity contribution in [2.45, 2.75) is 19.4 Å². The van der Waals surface area contributed by atoms with Gasteiger partial charge in [-0.05, 0) is 47.7 Å². The first-order valence-corrected chi connectivity index (χ1v) is 8.89. The third kappa shape index (κ3) is 5.89. The highest BCUT2D eigenvalue weighted by atomic mass is 16.5. The fourth-order valence-corrected chi connectivity index (χ4v) is 2.79. The van der Waals surface area contributed by atoms with E-state index in [4.69, 9.17) is 14.6 Å². The molecule has 0 atom stereocenters. The highest BCUT2D eigenvalue weighted by molar-refractivity contribution is 5.68. The van der Waals surface area contributed by atoms with E-state index in [1.807, 2.05) is 60.7 Å². The van der Waals surface area contributed by atoms with Crippen molar-refractivity contribution in [3.05, 3.63) is 95.6 Å². The van der Waals surface area contributed by atoms with Crippen LogP contribution in [0, 0.1) is 0 Å². The molecule has 0 aliphatic rings. The Morgan fingerprint density at radius 3 is 2.11 bits per heavy atom. The Morgan fingerprint density at radius 2 is 1.44 bits per heavy atom. The minimum Gasteiger partial charge on any atom is -0.489 e. The summed E-state index contributed by atoms with van der Waals surface area (Å²) < 4.78 is 11.3. The summed E-state index contributed by atoms with van der Waals surface area (Å²) in [4.78, 5) is 10.8. The first-order chi connectivity index (χ1) is 13.2. The van der Waals surface area contributed by atoms with Crippen molar-refractivity contribution in [2.75, 3.05) is 6.61 Å². The Bertz CT molecular complexity index is 860. The van der Waals surface area contributed by atoms with Crippen LogP contribution in [0.3, 0.4) is 0 Å². The number of carboxylic acids is 1. The second-order valence-electron chi connectivity index (χ2n) is 6.21. The normalized spacial score (nSPS) is 10.4.